The third kappa shape index (κ3) is 4.40. The summed E-state index contributed by atoms with van der Waals surface area (Å²) in [6, 6.07) is 1.10. The average molecular weight is 227 g/mol. The Kier molecular flexibility index (Phi) is 5.73. The van der Waals surface area contributed by atoms with Crippen LogP contribution in [0.1, 0.15) is 33.1 Å². The van der Waals surface area contributed by atoms with Gasteiger partial charge in [-0.1, -0.05) is 13.8 Å². The summed E-state index contributed by atoms with van der Waals surface area (Å²) in [5.41, 5.74) is 6.09. The maximum absolute atomic E-state index is 6.09. The molecule has 0 aliphatic carbocycles. The molecule has 3 heteroatoms. The Morgan fingerprint density at radius 2 is 2.06 bits per heavy atom. The number of nitrogens with zero attached hydrogens (tertiary/aromatic N) is 2. The van der Waals surface area contributed by atoms with Crippen LogP contribution in [0.3, 0.4) is 0 Å². The number of nitrogens with two attached hydrogens (primary N) is 1. The zero-order valence-electron chi connectivity index (χ0n) is 11.4. The van der Waals surface area contributed by atoms with Crippen molar-refractivity contribution in [3.63, 3.8) is 0 Å². The first-order valence-corrected chi connectivity index (χ1v) is 6.65. The van der Waals surface area contributed by atoms with E-state index in [2.05, 4.69) is 37.7 Å². The van der Waals surface area contributed by atoms with Gasteiger partial charge in [-0.15, -0.1) is 0 Å². The fourth-order valence-electron chi connectivity index (χ4n) is 2.32. The second kappa shape index (κ2) is 6.58. The molecule has 16 heavy (non-hydrogen) atoms. The van der Waals surface area contributed by atoms with Crippen molar-refractivity contribution in [1.82, 2.24) is 9.80 Å². The standard InChI is InChI=1S/C13H29N3/c1-11(2)13(14)7-9-16-8-5-6-12(10-16)15(3)4/h11-13H,5-10,14H2,1-4H3. The van der Waals surface area contributed by atoms with E-state index in [1.165, 1.54) is 32.5 Å². The number of likely N-dealkylation sites (tertiary alicyclic amines) is 1. The van der Waals surface area contributed by atoms with E-state index in [1.54, 1.807) is 0 Å². The van der Waals surface area contributed by atoms with E-state index < -0.39 is 0 Å². The van der Waals surface area contributed by atoms with Crippen molar-refractivity contribution in [1.29, 1.82) is 0 Å². The molecule has 1 saturated heterocycles. The molecule has 0 aromatic heterocycles. The van der Waals surface area contributed by atoms with Gasteiger partial charge in [-0.3, -0.25) is 0 Å². The highest BCUT2D eigenvalue weighted by Gasteiger charge is 2.21. The maximum atomic E-state index is 6.09. The van der Waals surface area contributed by atoms with Gasteiger partial charge in [-0.05, 0) is 52.4 Å². The van der Waals surface area contributed by atoms with E-state index in [-0.39, 0.29) is 0 Å². The Labute approximate surface area is 101 Å². The normalized spacial score (nSPS) is 25.3. The lowest BCUT2D eigenvalue weighted by Crippen LogP contribution is -2.46. The molecule has 1 aliphatic rings. The highest BCUT2D eigenvalue weighted by molar-refractivity contribution is 4.79. The Hall–Kier alpha value is -0.120. The van der Waals surface area contributed by atoms with Crippen molar-refractivity contribution in [2.75, 3.05) is 33.7 Å². The first-order chi connectivity index (χ1) is 7.50. The third-order valence-corrected chi connectivity index (χ3v) is 3.85. The van der Waals surface area contributed by atoms with Crippen LogP contribution in [0.15, 0.2) is 0 Å². The lowest BCUT2D eigenvalue weighted by atomic mass is 10.00. The van der Waals surface area contributed by atoms with E-state index in [9.17, 15) is 0 Å². The predicted molar refractivity (Wildman–Crippen MR) is 70.6 cm³/mol. The van der Waals surface area contributed by atoms with Crippen LogP contribution < -0.4 is 5.73 Å². The third-order valence-electron chi connectivity index (χ3n) is 3.85. The minimum atomic E-state index is 0.361. The highest BCUT2D eigenvalue weighted by Crippen LogP contribution is 2.14. The summed E-state index contributed by atoms with van der Waals surface area (Å²) in [5.74, 6) is 0.606. The van der Waals surface area contributed by atoms with E-state index in [0.717, 1.165) is 12.5 Å². The summed E-state index contributed by atoms with van der Waals surface area (Å²) in [6.07, 6.45) is 3.82. The molecule has 2 N–H and O–H groups in total. The van der Waals surface area contributed by atoms with Gasteiger partial charge in [0.1, 0.15) is 0 Å². The summed E-state index contributed by atoms with van der Waals surface area (Å²) in [6.45, 7) is 8.07. The van der Waals surface area contributed by atoms with Crippen molar-refractivity contribution in [2.24, 2.45) is 11.7 Å². The Bertz CT molecular complexity index is 192. The molecule has 0 spiro atoms. The van der Waals surface area contributed by atoms with Crippen LogP contribution in [0.25, 0.3) is 0 Å². The molecule has 0 aromatic rings. The SMILES string of the molecule is CC(C)C(N)CCN1CCCC(N(C)C)C1. The number of rotatable bonds is 5. The van der Waals surface area contributed by atoms with E-state index in [0.29, 0.717) is 12.0 Å². The fraction of sp³-hybridized carbons (Fsp3) is 1.00. The van der Waals surface area contributed by atoms with Gasteiger partial charge in [0.15, 0.2) is 0 Å². The summed E-state index contributed by atoms with van der Waals surface area (Å²) in [5, 5.41) is 0. The number of hydrogen-bond acceptors (Lipinski definition) is 3. The largest absolute Gasteiger partial charge is 0.327 e. The molecule has 3 nitrogen and oxygen atoms in total. The first kappa shape index (κ1) is 13.9. The van der Waals surface area contributed by atoms with Crippen LogP contribution in [-0.4, -0.2) is 55.6 Å². The van der Waals surface area contributed by atoms with Gasteiger partial charge < -0.3 is 15.5 Å². The van der Waals surface area contributed by atoms with Crippen LogP contribution in [0.4, 0.5) is 0 Å². The number of piperidine rings is 1. The van der Waals surface area contributed by atoms with Crippen molar-refractivity contribution in [3.05, 3.63) is 0 Å². The van der Waals surface area contributed by atoms with Crippen molar-refractivity contribution in [2.45, 2.75) is 45.2 Å². The summed E-state index contributed by atoms with van der Waals surface area (Å²) in [4.78, 5) is 4.94. The van der Waals surface area contributed by atoms with Crippen LogP contribution in [0, 0.1) is 5.92 Å². The predicted octanol–water partition coefficient (Wildman–Crippen LogP) is 1.39. The van der Waals surface area contributed by atoms with Gasteiger partial charge >= 0.3 is 0 Å². The number of hydrogen-bond donors (Lipinski definition) is 1. The molecular formula is C13H29N3. The zero-order chi connectivity index (χ0) is 12.1. The Morgan fingerprint density at radius 1 is 1.38 bits per heavy atom. The molecule has 0 bridgehead atoms. The monoisotopic (exact) mass is 227 g/mol. The quantitative estimate of drug-likeness (QED) is 0.770. The lowest BCUT2D eigenvalue weighted by molar-refractivity contribution is 0.129. The average Bonchev–Trinajstić information content (AvgIpc) is 2.26. The fourth-order valence-corrected chi connectivity index (χ4v) is 2.32. The molecular weight excluding hydrogens is 198 g/mol. The summed E-state index contributed by atoms with van der Waals surface area (Å²) in [7, 11) is 4.38. The second-order valence-electron chi connectivity index (χ2n) is 5.76. The van der Waals surface area contributed by atoms with E-state index >= 15 is 0 Å². The van der Waals surface area contributed by atoms with Gasteiger partial charge in [-0.25, -0.2) is 0 Å². The summed E-state index contributed by atoms with van der Waals surface area (Å²) < 4.78 is 0. The van der Waals surface area contributed by atoms with Gasteiger partial charge in [0.05, 0.1) is 0 Å². The molecule has 1 rings (SSSR count). The molecule has 0 radical (unpaired) electrons. The van der Waals surface area contributed by atoms with Gasteiger partial charge in [0.25, 0.3) is 0 Å². The maximum Gasteiger partial charge on any atom is 0.0217 e. The zero-order valence-corrected chi connectivity index (χ0v) is 11.4. The molecule has 0 amide bonds. The molecule has 2 unspecified atom stereocenters. The molecule has 0 saturated carbocycles. The smallest absolute Gasteiger partial charge is 0.0217 e. The van der Waals surface area contributed by atoms with Crippen LogP contribution in [-0.2, 0) is 0 Å². The topological polar surface area (TPSA) is 32.5 Å². The van der Waals surface area contributed by atoms with Crippen molar-refractivity contribution < 1.29 is 0 Å². The Balaban J connectivity index is 2.26. The van der Waals surface area contributed by atoms with Crippen LogP contribution in [0.5, 0.6) is 0 Å². The molecule has 0 aromatic carbocycles. The van der Waals surface area contributed by atoms with Crippen molar-refractivity contribution in [3.8, 4) is 0 Å². The lowest BCUT2D eigenvalue weighted by Gasteiger charge is -2.36. The van der Waals surface area contributed by atoms with Gasteiger partial charge in [0.2, 0.25) is 0 Å². The van der Waals surface area contributed by atoms with Gasteiger partial charge in [0, 0.05) is 18.6 Å². The van der Waals surface area contributed by atoms with Gasteiger partial charge in [-0.2, -0.15) is 0 Å². The molecule has 96 valence electrons. The highest BCUT2D eigenvalue weighted by atomic mass is 15.2. The first-order valence-electron chi connectivity index (χ1n) is 6.65. The Morgan fingerprint density at radius 3 is 2.62 bits per heavy atom. The van der Waals surface area contributed by atoms with E-state index in [1.807, 2.05) is 0 Å². The molecule has 1 fully saturated rings. The van der Waals surface area contributed by atoms with Crippen molar-refractivity contribution >= 4 is 0 Å². The molecule has 2 atom stereocenters. The molecule has 1 heterocycles. The number of likely N-dealkylation sites (N-methyl/N-ethyl adjacent to an activating group) is 1. The minimum absolute atomic E-state index is 0.361. The molecule has 1 aliphatic heterocycles. The van der Waals surface area contributed by atoms with E-state index in [4.69, 9.17) is 5.73 Å². The second-order valence-corrected chi connectivity index (χ2v) is 5.76. The van der Waals surface area contributed by atoms with Crippen LogP contribution in [0.2, 0.25) is 0 Å². The minimum Gasteiger partial charge on any atom is -0.327 e. The van der Waals surface area contributed by atoms with Crippen LogP contribution >= 0.6 is 0 Å². The summed E-state index contributed by atoms with van der Waals surface area (Å²) >= 11 is 0.